The Bertz CT molecular complexity index is 642. The third-order valence-corrected chi connectivity index (χ3v) is 6.36. The zero-order chi connectivity index (χ0) is 23.6. The fraction of sp³-hybridized carbons (Fsp3) is 0.759. The first-order valence-electron chi connectivity index (χ1n) is 13.5. The topological polar surface area (TPSA) is 70.5 Å². The normalized spacial score (nSPS) is 10.7. The SMILES string of the molecule is CCCCCCCCCCCCc1c(C(=O)OCC)cc(C)c(OCCCCCC)c1C.N. The lowest BCUT2D eigenvalue weighted by molar-refractivity contribution is 0.0524. The van der Waals surface area contributed by atoms with Gasteiger partial charge in [0, 0.05) is 0 Å². The van der Waals surface area contributed by atoms with Gasteiger partial charge in [-0.3, -0.25) is 0 Å². The van der Waals surface area contributed by atoms with E-state index in [0.717, 1.165) is 53.9 Å². The van der Waals surface area contributed by atoms with Crippen LogP contribution in [0, 0.1) is 13.8 Å². The van der Waals surface area contributed by atoms with Gasteiger partial charge in [0.1, 0.15) is 5.75 Å². The summed E-state index contributed by atoms with van der Waals surface area (Å²) in [6.45, 7) is 11.7. The maximum Gasteiger partial charge on any atom is 0.338 e. The van der Waals surface area contributed by atoms with Gasteiger partial charge >= 0.3 is 5.97 Å². The summed E-state index contributed by atoms with van der Waals surface area (Å²) in [5.74, 6) is 0.770. The number of unbranched alkanes of at least 4 members (excludes halogenated alkanes) is 12. The molecule has 0 amide bonds. The largest absolute Gasteiger partial charge is 0.493 e. The van der Waals surface area contributed by atoms with E-state index in [2.05, 4.69) is 20.8 Å². The summed E-state index contributed by atoms with van der Waals surface area (Å²) in [7, 11) is 0. The summed E-state index contributed by atoms with van der Waals surface area (Å²) in [4.78, 5) is 12.6. The number of hydrogen-bond acceptors (Lipinski definition) is 4. The van der Waals surface area contributed by atoms with Crippen LogP contribution >= 0.6 is 0 Å². The zero-order valence-electron chi connectivity index (χ0n) is 22.5. The first-order chi connectivity index (χ1) is 15.6. The van der Waals surface area contributed by atoms with Crippen LogP contribution in [0.25, 0.3) is 0 Å². The summed E-state index contributed by atoms with van der Waals surface area (Å²) >= 11 is 0. The lowest BCUT2D eigenvalue weighted by Gasteiger charge is -2.19. The minimum Gasteiger partial charge on any atom is -0.493 e. The number of hydrogen-bond donors (Lipinski definition) is 1. The van der Waals surface area contributed by atoms with Crippen molar-refractivity contribution in [3.8, 4) is 5.75 Å². The zero-order valence-corrected chi connectivity index (χ0v) is 22.5. The van der Waals surface area contributed by atoms with Gasteiger partial charge in [0.05, 0.1) is 18.8 Å². The molecule has 1 rings (SSSR count). The number of ether oxygens (including phenoxy) is 2. The molecule has 0 unspecified atom stereocenters. The van der Waals surface area contributed by atoms with Crippen LogP contribution in [0.4, 0.5) is 0 Å². The lowest BCUT2D eigenvalue weighted by atomic mass is 9.93. The molecular weight excluding hydrogens is 410 g/mol. The second kappa shape index (κ2) is 19.9. The Kier molecular flexibility index (Phi) is 18.9. The van der Waals surface area contributed by atoms with Gasteiger partial charge in [0.2, 0.25) is 0 Å². The molecule has 0 aliphatic rings. The monoisotopic (exact) mass is 463 g/mol. The molecule has 4 nitrogen and oxygen atoms in total. The third-order valence-electron chi connectivity index (χ3n) is 6.36. The summed E-state index contributed by atoms with van der Waals surface area (Å²) < 4.78 is 11.6. The highest BCUT2D eigenvalue weighted by molar-refractivity contribution is 5.92. The van der Waals surface area contributed by atoms with E-state index in [9.17, 15) is 4.79 Å². The maximum atomic E-state index is 12.6. The van der Waals surface area contributed by atoms with E-state index >= 15 is 0 Å². The highest BCUT2D eigenvalue weighted by atomic mass is 16.5. The standard InChI is InChI=1S/C29H50O3.H3N/c1-6-9-11-13-14-15-16-17-18-19-21-26-25(5)28(32-22-20-12-10-7-2)24(4)23-27(26)29(30)31-8-3;/h23H,6-22H2,1-5H3;1H3. The van der Waals surface area contributed by atoms with Crippen LogP contribution < -0.4 is 10.9 Å². The van der Waals surface area contributed by atoms with Crippen molar-refractivity contribution in [1.82, 2.24) is 6.15 Å². The van der Waals surface area contributed by atoms with Gasteiger partial charge in [-0.2, -0.15) is 0 Å². The van der Waals surface area contributed by atoms with Gasteiger partial charge in [-0.15, -0.1) is 0 Å². The predicted molar refractivity (Wildman–Crippen MR) is 142 cm³/mol. The fourth-order valence-corrected chi connectivity index (χ4v) is 4.43. The van der Waals surface area contributed by atoms with Crippen LogP contribution in [0.5, 0.6) is 5.75 Å². The quantitative estimate of drug-likeness (QED) is 0.164. The number of aryl methyl sites for hydroxylation is 1. The minimum atomic E-state index is -0.199. The average molecular weight is 464 g/mol. The smallest absolute Gasteiger partial charge is 0.338 e. The number of carbonyl (C=O) groups is 1. The highest BCUT2D eigenvalue weighted by Crippen LogP contribution is 2.31. The molecule has 1 aromatic carbocycles. The number of rotatable bonds is 19. The van der Waals surface area contributed by atoms with E-state index < -0.39 is 0 Å². The molecule has 0 bridgehead atoms. The number of carbonyl (C=O) groups excluding carboxylic acids is 1. The minimum absolute atomic E-state index is 0. The Morgan fingerprint density at radius 2 is 1.27 bits per heavy atom. The van der Waals surface area contributed by atoms with Crippen molar-refractivity contribution < 1.29 is 14.3 Å². The molecule has 33 heavy (non-hydrogen) atoms. The Hall–Kier alpha value is -1.55. The molecule has 4 heteroatoms. The molecular formula is C29H53NO3. The summed E-state index contributed by atoms with van der Waals surface area (Å²) in [5.41, 5.74) is 4.01. The molecule has 0 saturated carbocycles. The summed E-state index contributed by atoms with van der Waals surface area (Å²) in [5, 5.41) is 0. The average Bonchev–Trinajstić information content (AvgIpc) is 2.78. The van der Waals surface area contributed by atoms with Crippen molar-refractivity contribution in [2.24, 2.45) is 0 Å². The number of esters is 1. The molecule has 0 heterocycles. The van der Waals surface area contributed by atoms with E-state index in [-0.39, 0.29) is 12.1 Å². The van der Waals surface area contributed by atoms with E-state index in [1.807, 2.05) is 19.9 Å². The molecule has 192 valence electrons. The predicted octanol–water partition coefficient (Wildman–Crippen LogP) is 9.06. The molecule has 1 aromatic rings. The molecule has 0 atom stereocenters. The van der Waals surface area contributed by atoms with Crippen LogP contribution in [0.2, 0.25) is 0 Å². The second-order valence-corrected chi connectivity index (χ2v) is 9.24. The third kappa shape index (κ3) is 12.5. The van der Waals surface area contributed by atoms with E-state index in [4.69, 9.17) is 9.47 Å². The Morgan fingerprint density at radius 3 is 1.82 bits per heavy atom. The first-order valence-corrected chi connectivity index (χ1v) is 13.5. The molecule has 0 saturated heterocycles. The molecule has 0 aliphatic carbocycles. The summed E-state index contributed by atoms with van der Waals surface area (Å²) in [6, 6.07) is 1.98. The van der Waals surface area contributed by atoms with Gasteiger partial charge < -0.3 is 15.6 Å². The van der Waals surface area contributed by atoms with Crippen molar-refractivity contribution in [2.75, 3.05) is 13.2 Å². The van der Waals surface area contributed by atoms with Crippen molar-refractivity contribution in [2.45, 2.75) is 131 Å². The van der Waals surface area contributed by atoms with E-state index in [1.54, 1.807) is 0 Å². The van der Waals surface area contributed by atoms with Gasteiger partial charge in [0.25, 0.3) is 0 Å². The van der Waals surface area contributed by atoms with Gasteiger partial charge in [-0.25, -0.2) is 4.79 Å². The van der Waals surface area contributed by atoms with Crippen LogP contribution in [-0.2, 0) is 11.2 Å². The Morgan fingerprint density at radius 1 is 0.758 bits per heavy atom. The number of benzene rings is 1. The van der Waals surface area contributed by atoms with Crippen molar-refractivity contribution in [3.63, 3.8) is 0 Å². The highest BCUT2D eigenvalue weighted by Gasteiger charge is 2.19. The van der Waals surface area contributed by atoms with Crippen LogP contribution in [0.3, 0.4) is 0 Å². The molecule has 0 fully saturated rings. The van der Waals surface area contributed by atoms with E-state index in [0.29, 0.717) is 6.61 Å². The summed E-state index contributed by atoms with van der Waals surface area (Å²) in [6.07, 6.45) is 18.9. The van der Waals surface area contributed by atoms with E-state index in [1.165, 1.54) is 77.0 Å². The fourth-order valence-electron chi connectivity index (χ4n) is 4.43. The molecule has 0 aromatic heterocycles. The molecule has 0 aliphatic heterocycles. The molecule has 3 N–H and O–H groups in total. The maximum absolute atomic E-state index is 12.6. The molecule has 0 spiro atoms. The lowest BCUT2D eigenvalue weighted by Crippen LogP contribution is -2.12. The Balaban J connectivity index is 0.0000102. The van der Waals surface area contributed by atoms with Gasteiger partial charge in [-0.05, 0) is 62.8 Å². The van der Waals surface area contributed by atoms with Crippen molar-refractivity contribution >= 4 is 5.97 Å². The van der Waals surface area contributed by atoms with Gasteiger partial charge in [0.15, 0.2) is 0 Å². The van der Waals surface area contributed by atoms with Crippen LogP contribution in [0.15, 0.2) is 6.07 Å². The second-order valence-electron chi connectivity index (χ2n) is 9.24. The van der Waals surface area contributed by atoms with Crippen LogP contribution in [-0.4, -0.2) is 19.2 Å². The van der Waals surface area contributed by atoms with Crippen molar-refractivity contribution in [3.05, 3.63) is 28.3 Å². The van der Waals surface area contributed by atoms with Crippen molar-refractivity contribution in [1.29, 1.82) is 0 Å². The molecule has 0 radical (unpaired) electrons. The van der Waals surface area contributed by atoms with Gasteiger partial charge in [-0.1, -0.05) is 90.9 Å². The Labute approximate surface area is 204 Å². The van der Waals surface area contributed by atoms with Crippen LogP contribution in [0.1, 0.15) is 138 Å². The first kappa shape index (κ1) is 31.4.